The van der Waals surface area contributed by atoms with Gasteiger partial charge in [-0.2, -0.15) is 0 Å². The molecule has 1 N–H and O–H groups in total. The summed E-state index contributed by atoms with van der Waals surface area (Å²) in [6, 6.07) is 6.47. The summed E-state index contributed by atoms with van der Waals surface area (Å²) in [6.45, 7) is 4.05. The maximum atomic E-state index is 13.8. The molecule has 2 heterocycles. The van der Waals surface area contributed by atoms with E-state index >= 15 is 0 Å². The van der Waals surface area contributed by atoms with Crippen molar-refractivity contribution in [2.24, 2.45) is 0 Å². The number of carbonyl (C=O) groups is 1. The van der Waals surface area contributed by atoms with Gasteiger partial charge in [-0.05, 0) is 75.1 Å². The van der Waals surface area contributed by atoms with E-state index < -0.39 is 0 Å². The number of hydrogen-bond donors (Lipinski definition) is 1. The lowest BCUT2D eigenvalue weighted by molar-refractivity contribution is -0.118. The predicted octanol–water partition coefficient (Wildman–Crippen LogP) is 4.31. The Labute approximate surface area is 183 Å². The zero-order chi connectivity index (χ0) is 20.8. The van der Waals surface area contributed by atoms with Crippen LogP contribution in [0.25, 0.3) is 15.9 Å². The Morgan fingerprint density at radius 3 is 2.87 bits per heavy atom. The van der Waals surface area contributed by atoms with Gasteiger partial charge in [-0.15, -0.1) is 11.3 Å². The summed E-state index contributed by atoms with van der Waals surface area (Å²) < 4.78 is 1.74. The van der Waals surface area contributed by atoms with Crippen molar-refractivity contribution < 1.29 is 4.79 Å². The molecule has 0 bridgehead atoms. The van der Waals surface area contributed by atoms with Gasteiger partial charge in [0, 0.05) is 10.9 Å². The van der Waals surface area contributed by atoms with Crippen LogP contribution in [0.3, 0.4) is 0 Å². The van der Waals surface area contributed by atoms with Crippen molar-refractivity contribution in [2.45, 2.75) is 63.6 Å². The SMILES string of the molecule is Cc1ccc(C)c(-n2c(SCC(=O)NC3CC3)nc3sc4c(c3c2=O)CCCC4)c1. The molecule has 2 aliphatic rings. The van der Waals surface area contributed by atoms with Crippen LogP contribution in [0.2, 0.25) is 0 Å². The van der Waals surface area contributed by atoms with Gasteiger partial charge < -0.3 is 5.32 Å². The van der Waals surface area contributed by atoms with Gasteiger partial charge in [0.1, 0.15) is 4.83 Å². The van der Waals surface area contributed by atoms with Crippen LogP contribution in [0.1, 0.15) is 47.3 Å². The molecular weight excluding hydrogens is 414 g/mol. The van der Waals surface area contributed by atoms with Gasteiger partial charge in [0.2, 0.25) is 5.91 Å². The Hall–Kier alpha value is -2.12. The highest BCUT2D eigenvalue weighted by Crippen LogP contribution is 2.35. The Bertz CT molecular complexity index is 1210. The Morgan fingerprint density at radius 2 is 2.07 bits per heavy atom. The van der Waals surface area contributed by atoms with Crippen LogP contribution in [0, 0.1) is 13.8 Å². The third-order valence-corrected chi connectivity index (χ3v) is 7.96. The highest BCUT2D eigenvalue weighted by atomic mass is 32.2. The Balaban J connectivity index is 1.65. The molecule has 1 amide bonds. The van der Waals surface area contributed by atoms with Gasteiger partial charge in [-0.1, -0.05) is 23.9 Å². The lowest BCUT2D eigenvalue weighted by Crippen LogP contribution is -2.28. The van der Waals surface area contributed by atoms with Crippen molar-refractivity contribution in [3.63, 3.8) is 0 Å². The molecule has 30 heavy (non-hydrogen) atoms. The maximum Gasteiger partial charge on any atom is 0.267 e. The van der Waals surface area contributed by atoms with Crippen LogP contribution in [-0.4, -0.2) is 27.3 Å². The van der Waals surface area contributed by atoms with Crippen LogP contribution in [0.4, 0.5) is 0 Å². The number of benzene rings is 1. The van der Waals surface area contributed by atoms with Crippen molar-refractivity contribution in [1.82, 2.24) is 14.9 Å². The van der Waals surface area contributed by atoms with Gasteiger partial charge >= 0.3 is 0 Å². The van der Waals surface area contributed by atoms with Gasteiger partial charge in [0.25, 0.3) is 5.56 Å². The highest BCUT2D eigenvalue weighted by molar-refractivity contribution is 7.99. The number of aromatic nitrogens is 2. The lowest BCUT2D eigenvalue weighted by atomic mass is 9.97. The third kappa shape index (κ3) is 3.69. The molecule has 5 nitrogen and oxygen atoms in total. The van der Waals surface area contributed by atoms with E-state index in [1.165, 1.54) is 28.6 Å². The van der Waals surface area contributed by atoms with Crippen molar-refractivity contribution in [2.75, 3.05) is 5.75 Å². The number of nitrogens with zero attached hydrogens (tertiary/aromatic N) is 2. The summed E-state index contributed by atoms with van der Waals surface area (Å²) in [5.41, 5.74) is 4.17. The Morgan fingerprint density at radius 1 is 1.27 bits per heavy atom. The minimum Gasteiger partial charge on any atom is -0.353 e. The molecule has 0 saturated heterocycles. The normalized spacial score (nSPS) is 15.9. The van der Waals surface area contributed by atoms with Crippen molar-refractivity contribution in [3.8, 4) is 5.69 Å². The summed E-state index contributed by atoms with van der Waals surface area (Å²) in [6.07, 6.45) is 6.41. The number of thioether (sulfide) groups is 1. The third-order valence-electron chi connectivity index (χ3n) is 5.84. The monoisotopic (exact) mass is 439 g/mol. The van der Waals surface area contributed by atoms with Crippen LogP contribution in [-0.2, 0) is 17.6 Å². The first kappa shape index (κ1) is 19.8. The molecule has 5 rings (SSSR count). The Kier molecular flexibility index (Phi) is 5.19. The molecular formula is C23H25N3O2S2. The van der Waals surface area contributed by atoms with E-state index in [0.717, 1.165) is 59.1 Å². The van der Waals surface area contributed by atoms with E-state index in [9.17, 15) is 9.59 Å². The average molecular weight is 440 g/mol. The smallest absolute Gasteiger partial charge is 0.267 e. The molecule has 0 spiro atoms. The molecule has 1 fully saturated rings. The van der Waals surface area contributed by atoms with Crippen LogP contribution in [0.15, 0.2) is 28.2 Å². The van der Waals surface area contributed by atoms with E-state index in [-0.39, 0.29) is 17.2 Å². The van der Waals surface area contributed by atoms with Gasteiger partial charge in [0.05, 0.1) is 16.8 Å². The van der Waals surface area contributed by atoms with Crippen molar-refractivity contribution in [1.29, 1.82) is 0 Å². The minimum absolute atomic E-state index is 0.00167. The van der Waals surface area contributed by atoms with Gasteiger partial charge in [-0.3, -0.25) is 14.2 Å². The van der Waals surface area contributed by atoms with E-state index in [1.807, 2.05) is 26.0 Å². The maximum absolute atomic E-state index is 13.8. The second-order valence-corrected chi connectivity index (χ2v) is 10.4. The lowest BCUT2D eigenvalue weighted by Gasteiger charge is -2.16. The molecule has 1 saturated carbocycles. The second-order valence-electron chi connectivity index (χ2n) is 8.35. The van der Waals surface area contributed by atoms with Gasteiger partial charge in [0.15, 0.2) is 5.16 Å². The number of thiophene rings is 1. The van der Waals surface area contributed by atoms with E-state index in [0.29, 0.717) is 11.2 Å². The zero-order valence-electron chi connectivity index (χ0n) is 17.3. The first-order valence-corrected chi connectivity index (χ1v) is 12.4. The van der Waals surface area contributed by atoms with E-state index in [1.54, 1.807) is 15.9 Å². The minimum atomic E-state index is -0.00167. The fourth-order valence-corrected chi connectivity index (χ4v) is 6.20. The highest BCUT2D eigenvalue weighted by Gasteiger charge is 2.25. The first-order valence-electron chi connectivity index (χ1n) is 10.6. The number of fused-ring (bicyclic) bond motifs is 3. The predicted molar refractivity (Wildman–Crippen MR) is 123 cm³/mol. The number of aryl methyl sites for hydroxylation is 4. The molecule has 0 aliphatic heterocycles. The molecule has 156 valence electrons. The fourth-order valence-electron chi connectivity index (χ4n) is 4.08. The summed E-state index contributed by atoms with van der Waals surface area (Å²) in [5, 5.41) is 4.41. The molecule has 1 aromatic carbocycles. The number of hydrogen-bond acceptors (Lipinski definition) is 5. The molecule has 0 atom stereocenters. The van der Waals surface area contributed by atoms with Crippen molar-refractivity contribution in [3.05, 3.63) is 50.1 Å². The number of nitrogens with one attached hydrogen (secondary N) is 1. The van der Waals surface area contributed by atoms with Crippen LogP contribution < -0.4 is 10.9 Å². The summed E-state index contributed by atoms with van der Waals surface area (Å²) in [7, 11) is 0. The molecule has 2 aromatic heterocycles. The summed E-state index contributed by atoms with van der Waals surface area (Å²) in [4.78, 5) is 33.1. The number of rotatable bonds is 5. The second kappa shape index (κ2) is 7.85. The topological polar surface area (TPSA) is 64.0 Å². The standard InChI is InChI=1S/C23H25N3O2S2/c1-13-7-8-14(2)17(11-13)26-22(28)20-16-5-3-4-6-18(16)30-21(20)25-23(26)29-12-19(27)24-15-9-10-15/h7-8,11,15H,3-6,9-10,12H2,1-2H3,(H,24,27). The van der Waals surface area contributed by atoms with Gasteiger partial charge in [-0.25, -0.2) is 4.98 Å². The van der Waals surface area contributed by atoms with Crippen molar-refractivity contribution >= 4 is 39.2 Å². The number of amides is 1. The molecule has 0 radical (unpaired) electrons. The quantitative estimate of drug-likeness (QED) is 0.475. The molecule has 7 heteroatoms. The first-order chi connectivity index (χ1) is 14.5. The summed E-state index contributed by atoms with van der Waals surface area (Å²) in [5.74, 6) is 0.277. The molecule has 0 unspecified atom stereocenters. The molecule has 3 aromatic rings. The zero-order valence-corrected chi connectivity index (χ0v) is 18.9. The van der Waals surface area contributed by atoms with Crippen LogP contribution >= 0.6 is 23.1 Å². The number of carbonyl (C=O) groups excluding carboxylic acids is 1. The largest absolute Gasteiger partial charge is 0.353 e. The van der Waals surface area contributed by atoms with E-state index in [2.05, 4.69) is 11.4 Å². The summed E-state index contributed by atoms with van der Waals surface area (Å²) >= 11 is 3.01. The average Bonchev–Trinajstić information content (AvgIpc) is 3.45. The fraction of sp³-hybridized carbons (Fsp3) is 0.435. The molecule has 2 aliphatic carbocycles. The van der Waals surface area contributed by atoms with Crippen LogP contribution in [0.5, 0.6) is 0 Å². The van der Waals surface area contributed by atoms with E-state index in [4.69, 9.17) is 4.98 Å².